The molecule has 1 aliphatic heterocycles. The third-order valence-electron chi connectivity index (χ3n) is 3.60. The van der Waals surface area contributed by atoms with E-state index in [1.54, 1.807) is 12.1 Å². The molecule has 1 aromatic rings. The summed E-state index contributed by atoms with van der Waals surface area (Å²) in [5, 5.41) is 0. The lowest BCUT2D eigenvalue weighted by Crippen LogP contribution is -2.37. The van der Waals surface area contributed by atoms with Crippen molar-refractivity contribution in [3.8, 4) is 0 Å². The Labute approximate surface area is 114 Å². The minimum Gasteiger partial charge on any atom is -0.377 e. The van der Waals surface area contributed by atoms with Crippen molar-refractivity contribution in [1.29, 1.82) is 0 Å². The summed E-state index contributed by atoms with van der Waals surface area (Å²) in [6, 6.07) is 6.34. The van der Waals surface area contributed by atoms with Crippen molar-refractivity contribution in [1.82, 2.24) is 4.90 Å². The number of rotatable bonds is 5. The van der Waals surface area contributed by atoms with Crippen LogP contribution < -0.4 is 5.73 Å². The van der Waals surface area contributed by atoms with E-state index in [-0.39, 0.29) is 11.9 Å². The molecule has 2 N–H and O–H groups in total. The number of ether oxygens (including phenoxy) is 1. The van der Waals surface area contributed by atoms with E-state index in [2.05, 4.69) is 11.9 Å². The molecular weight excluding hydrogens is 243 g/mol. The maximum atomic E-state index is 12.9. The molecule has 2 atom stereocenters. The fraction of sp³-hybridized carbons (Fsp3) is 0.600. The number of benzene rings is 1. The molecule has 3 nitrogen and oxygen atoms in total. The largest absolute Gasteiger partial charge is 0.377 e. The summed E-state index contributed by atoms with van der Waals surface area (Å²) in [6.45, 7) is 2.54. The second-order valence-corrected chi connectivity index (χ2v) is 5.37. The predicted octanol–water partition coefficient (Wildman–Crippen LogP) is 2.33. The second-order valence-electron chi connectivity index (χ2n) is 5.37. The van der Waals surface area contributed by atoms with E-state index in [0.717, 1.165) is 31.7 Å². The van der Waals surface area contributed by atoms with Crippen molar-refractivity contribution in [3.63, 3.8) is 0 Å². The van der Waals surface area contributed by atoms with Crippen LogP contribution in [0, 0.1) is 5.82 Å². The van der Waals surface area contributed by atoms with Crippen molar-refractivity contribution in [2.45, 2.75) is 31.4 Å². The van der Waals surface area contributed by atoms with E-state index in [0.29, 0.717) is 6.10 Å². The van der Waals surface area contributed by atoms with Crippen LogP contribution in [0.1, 0.15) is 30.9 Å². The molecule has 106 valence electrons. The van der Waals surface area contributed by atoms with Crippen LogP contribution in [0.25, 0.3) is 0 Å². The van der Waals surface area contributed by atoms with Crippen molar-refractivity contribution < 1.29 is 9.13 Å². The fourth-order valence-corrected chi connectivity index (χ4v) is 2.52. The highest BCUT2D eigenvalue weighted by Gasteiger charge is 2.17. The molecular formula is C15H23FN2O. The highest BCUT2D eigenvalue weighted by atomic mass is 19.1. The molecule has 0 aromatic heterocycles. The summed E-state index contributed by atoms with van der Waals surface area (Å²) < 4.78 is 18.6. The average Bonchev–Trinajstić information content (AvgIpc) is 2.40. The Bertz CT molecular complexity index is 376. The van der Waals surface area contributed by atoms with E-state index in [1.807, 2.05) is 0 Å². The first-order chi connectivity index (χ1) is 9.15. The zero-order valence-electron chi connectivity index (χ0n) is 11.5. The monoisotopic (exact) mass is 266 g/mol. The van der Waals surface area contributed by atoms with Gasteiger partial charge in [-0.1, -0.05) is 12.1 Å². The van der Waals surface area contributed by atoms with Crippen LogP contribution >= 0.6 is 0 Å². The van der Waals surface area contributed by atoms with E-state index in [1.165, 1.54) is 25.0 Å². The summed E-state index contributed by atoms with van der Waals surface area (Å²) in [5.74, 6) is -0.222. The molecule has 4 heteroatoms. The lowest BCUT2D eigenvalue weighted by atomic mass is 10.1. The summed E-state index contributed by atoms with van der Waals surface area (Å²) in [6.07, 6.45) is 3.90. The first kappa shape index (κ1) is 14.4. The Morgan fingerprint density at radius 3 is 2.74 bits per heavy atom. The molecule has 0 spiro atoms. The molecule has 0 bridgehead atoms. The molecule has 1 heterocycles. The zero-order valence-corrected chi connectivity index (χ0v) is 11.5. The summed E-state index contributed by atoms with van der Waals surface area (Å²) in [7, 11) is 2.06. The third-order valence-corrected chi connectivity index (χ3v) is 3.60. The molecule has 1 aromatic carbocycles. The van der Waals surface area contributed by atoms with Crippen LogP contribution in [0.3, 0.4) is 0 Å². The smallest absolute Gasteiger partial charge is 0.123 e. The van der Waals surface area contributed by atoms with Crippen molar-refractivity contribution >= 4 is 0 Å². The van der Waals surface area contributed by atoms with Gasteiger partial charge in [0.25, 0.3) is 0 Å². The van der Waals surface area contributed by atoms with Gasteiger partial charge in [0, 0.05) is 25.7 Å². The summed E-state index contributed by atoms with van der Waals surface area (Å²) in [5.41, 5.74) is 7.12. The lowest BCUT2D eigenvalue weighted by molar-refractivity contribution is -0.00214. The Hall–Kier alpha value is -0.970. The highest BCUT2D eigenvalue weighted by molar-refractivity contribution is 5.19. The minimum atomic E-state index is -0.222. The summed E-state index contributed by atoms with van der Waals surface area (Å²) in [4.78, 5) is 2.20. The molecule has 0 saturated carbocycles. The van der Waals surface area contributed by atoms with Gasteiger partial charge in [-0.3, -0.25) is 0 Å². The van der Waals surface area contributed by atoms with E-state index in [9.17, 15) is 4.39 Å². The molecule has 1 aliphatic rings. The van der Waals surface area contributed by atoms with Gasteiger partial charge in [0.1, 0.15) is 5.82 Å². The Balaban J connectivity index is 1.80. The minimum absolute atomic E-state index is 0.0887. The van der Waals surface area contributed by atoms with Crippen molar-refractivity contribution in [2.24, 2.45) is 5.73 Å². The number of nitrogens with two attached hydrogens (primary N) is 1. The van der Waals surface area contributed by atoms with Crippen LogP contribution in [0.4, 0.5) is 4.39 Å². The van der Waals surface area contributed by atoms with Crippen molar-refractivity contribution in [2.75, 3.05) is 26.7 Å². The normalized spacial score (nSPS) is 21.6. The number of nitrogens with zero attached hydrogens (tertiary/aromatic N) is 1. The van der Waals surface area contributed by atoms with Crippen LogP contribution in [0.2, 0.25) is 0 Å². The van der Waals surface area contributed by atoms with Gasteiger partial charge in [0.2, 0.25) is 0 Å². The predicted molar refractivity (Wildman–Crippen MR) is 74.4 cm³/mol. The molecule has 2 rings (SSSR count). The van der Waals surface area contributed by atoms with Gasteiger partial charge in [0.15, 0.2) is 0 Å². The Morgan fingerprint density at radius 1 is 1.37 bits per heavy atom. The Morgan fingerprint density at radius 2 is 2.11 bits per heavy atom. The average molecular weight is 266 g/mol. The number of halogens is 1. The maximum Gasteiger partial charge on any atom is 0.123 e. The zero-order chi connectivity index (χ0) is 13.7. The maximum absolute atomic E-state index is 12.9. The second kappa shape index (κ2) is 6.98. The summed E-state index contributed by atoms with van der Waals surface area (Å²) >= 11 is 0. The van der Waals surface area contributed by atoms with Crippen LogP contribution in [0.5, 0.6) is 0 Å². The first-order valence-corrected chi connectivity index (χ1v) is 6.96. The molecule has 0 radical (unpaired) electrons. The molecule has 0 amide bonds. The van der Waals surface area contributed by atoms with E-state index < -0.39 is 0 Å². The third kappa shape index (κ3) is 4.56. The van der Waals surface area contributed by atoms with E-state index in [4.69, 9.17) is 10.5 Å². The van der Waals surface area contributed by atoms with Gasteiger partial charge < -0.3 is 15.4 Å². The van der Waals surface area contributed by atoms with E-state index >= 15 is 0 Å². The fourth-order valence-electron chi connectivity index (χ4n) is 2.52. The topological polar surface area (TPSA) is 38.5 Å². The van der Waals surface area contributed by atoms with Gasteiger partial charge in [-0.05, 0) is 44.0 Å². The van der Waals surface area contributed by atoms with Crippen LogP contribution in [0.15, 0.2) is 24.3 Å². The highest BCUT2D eigenvalue weighted by Crippen LogP contribution is 2.16. The molecule has 1 saturated heterocycles. The molecule has 2 unspecified atom stereocenters. The SMILES string of the molecule is CN(CC1CCCCO1)CC(N)c1ccc(F)cc1. The first-order valence-electron chi connectivity index (χ1n) is 6.96. The molecule has 0 aliphatic carbocycles. The number of hydrogen-bond donors (Lipinski definition) is 1. The number of likely N-dealkylation sites (N-methyl/N-ethyl adjacent to an activating group) is 1. The van der Waals surface area contributed by atoms with Crippen molar-refractivity contribution in [3.05, 3.63) is 35.6 Å². The van der Waals surface area contributed by atoms with Gasteiger partial charge in [-0.15, -0.1) is 0 Å². The van der Waals surface area contributed by atoms with Crippen LogP contribution in [-0.4, -0.2) is 37.7 Å². The van der Waals surface area contributed by atoms with Gasteiger partial charge in [0.05, 0.1) is 6.10 Å². The van der Waals surface area contributed by atoms with Gasteiger partial charge in [-0.25, -0.2) is 4.39 Å². The molecule has 1 fully saturated rings. The molecule has 19 heavy (non-hydrogen) atoms. The van der Waals surface area contributed by atoms with Crippen LogP contribution in [-0.2, 0) is 4.74 Å². The Kier molecular flexibility index (Phi) is 5.31. The standard InChI is InChI=1S/C15H23FN2O/c1-18(10-14-4-2-3-9-19-14)11-15(17)12-5-7-13(16)8-6-12/h5-8,14-15H,2-4,9-11,17H2,1H3. The van der Waals surface area contributed by atoms with Gasteiger partial charge in [-0.2, -0.15) is 0 Å². The number of hydrogen-bond acceptors (Lipinski definition) is 3. The van der Waals surface area contributed by atoms with Gasteiger partial charge >= 0.3 is 0 Å². The lowest BCUT2D eigenvalue weighted by Gasteiger charge is -2.29. The quantitative estimate of drug-likeness (QED) is 0.889.